The molecule has 22 heavy (non-hydrogen) atoms. The van der Waals surface area contributed by atoms with Gasteiger partial charge in [0.15, 0.2) is 0 Å². The van der Waals surface area contributed by atoms with Gasteiger partial charge in [-0.15, -0.1) is 0 Å². The van der Waals surface area contributed by atoms with Crippen LogP contribution in [-0.4, -0.2) is 15.0 Å². The van der Waals surface area contributed by atoms with E-state index < -0.39 is 10.0 Å². The van der Waals surface area contributed by atoms with E-state index in [2.05, 4.69) is 4.72 Å². The Morgan fingerprint density at radius 3 is 2.18 bits per heavy atom. The van der Waals surface area contributed by atoms with Gasteiger partial charge in [-0.1, -0.05) is 18.2 Å². The molecule has 0 fully saturated rings. The largest absolute Gasteiger partial charge is 0.494 e. The lowest BCUT2D eigenvalue weighted by Crippen LogP contribution is -2.15. The summed E-state index contributed by atoms with van der Waals surface area (Å²) in [5, 5.41) is 0. The van der Waals surface area contributed by atoms with Crippen molar-refractivity contribution in [1.29, 1.82) is 0 Å². The maximum atomic E-state index is 12.6. The normalized spacial score (nSPS) is 11.3. The molecular formula is C17H21NO3S. The van der Waals surface area contributed by atoms with Gasteiger partial charge in [-0.3, -0.25) is 4.72 Å². The summed E-state index contributed by atoms with van der Waals surface area (Å²) in [6.07, 6.45) is 0. The number of nitrogens with one attached hydrogen (secondary N) is 1. The number of sulfonamides is 1. The molecule has 4 nitrogen and oxygen atoms in total. The molecule has 0 bridgehead atoms. The van der Waals surface area contributed by atoms with E-state index in [1.54, 1.807) is 18.2 Å². The summed E-state index contributed by atoms with van der Waals surface area (Å²) in [6.45, 7) is 8.05. The molecule has 0 saturated carbocycles. The number of benzene rings is 2. The summed E-state index contributed by atoms with van der Waals surface area (Å²) in [4.78, 5) is 0.233. The second-order valence-corrected chi connectivity index (χ2v) is 6.92. The van der Waals surface area contributed by atoms with Crippen LogP contribution in [0.15, 0.2) is 41.3 Å². The molecule has 0 unspecified atom stereocenters. The summed E-state index contributed by atoms with van der Waals surface area (Å²) >= 11 is 0. The van der Waals surface area contributed by atoms with Crippen LogP contribution in [0.3, 0.4) is 0 Å². The average Bonchev–Trinajstić information content (AvgIpc) is 2.45. The van der Waals surface area contributed by atoms with Gasteiger partial charge < -0.3 is 4.74 Å². The minimum Gasteiger partial charge on any atom is -0.494 e. The van der Waals surface area contributed by atoms with E-state index in [1.165, 1.54) is 0 Å². The van der Waals surface area contributed by atoms with E-state index in [9.17, 15) is 8.42 Å². The van der Waals surface area contributed by atoms with Crippen molar-refractivity contribution in [2.45, 2.75) is 32.6 Å². The minimum atomic E-state index is -3.62. The molecule has 0 atom stereocenters. The number of hydrogen-bond acceptors (Lipinski definition) is 3. The van der Waals surface area contributed by atoms with Gasteiger partial charge in [0.25, 0.3) is 10.0 Å². The standard InChI is InChI=1S/C17H21NO3S/c1-5-21-16-10-9-15(11-14(16)4)22(19,20)18-17-12(2)7-6-8-13(17)3/h6-11,18H,5H2,1-4H3. The van der Waals surface area contributed by atoms with Crippen molar-refractivity contribution >= 4 is 15.7 Å². The molecule has 0 aliphatic carbocycles. The molecule has 2 aromatic rings. The first-order valence-corrected chi connectivity index (χ1v) is 8.66. The molecule has 0 amide bonds. The highest BCUT2D eigenvalue weighted by molar-refractivity contribution is 7.92. The lowest BCUT2D eigenvalue weighted by Gasteiger charge is -2.14. The molecule has 1 N–H and O–H groups in total. The Morgan fingerprint density at radius 1 is 1.00 bits per heavy atom. The van der Waals surface area contributed by atoms with Gasteiger partial charge in [-0.25, -0.2) is 8.42 Å². The van der Waals surface area contributed by atoms with Crippen molar-refractivity contribution in [3.05, 3.63) is 53.1 Å². The van der Waals surface area contributed by atoms with Crippen molar-refractivity contribution in [2.24, 2.45) is 0 Å². The monoisotopic (exact) mass is 319 g/mol. The van der Waals surface area contributed by atoms with Crippen LogP contribution in [0.1, 0.15) is 23.6 Å². The van der Waals surface area contributed by atoms with E-state index in [0.29, 0.717) is 18.0 Å². The van der Waals surface area contributed by atoms with E-state index in [0.717, 1.165) is 16.7 Å². The van der Waals surface area contributed by atoms with Crippen LogP contribution in [0.5, 0.6) is 5.75 Å². The lowest BCUT2D eigenvalue weighted by molar-refractivity contribution is 0.337. The Morgan fingerprint density at radius 2 is 1.64 bits per heavy atom. The minimum absolute atomic E-state index is 0.233. The highest BCUT2D eigenvalue weighted by atomic mass is 32.2. The van der Waals surface area contributed by atoms with Crippen LogP contribution in [0.2, 0.25) is 0 Å². The molecular weight excluding hydrogens is 298 g/mol. The van der Waals surface area contributed by atoms with Crippen LogP contribution in [0.25, 0.3) is 0 Å². The summed E-state index contributed by atoms with van der Waals surface area (Å²) < 4.78 is 33.3. The third-order valence-electron chi connectivity index (χ3n) is 3.47. The van der Waals surface area contributed by atoms with Crippen molar-refractivity contribution < 1.29 is 13.2 Å². The predicted molar refractivity (Wildman–Crippen MR) is 89.1 cm³/mol. The average molecular weight is 319 g/mol. The second kappa shape index (κ2) is 6.40. The van der Waals surface area contributed by atoms with Crippen molar-refractivity contribution in [3.8, 4) is 5.75 Å². The molecule has 0 spiro atoms. The van der Waals surface area contributed by atoms with Crippen LogP contribution >= 0.6 is 0 Å². The Bertz CT molecular complexity index is 762. The Hall–Kier alpha value is -2.01. The maximum Gasteiger partial charge on any atom is 0.261 e. The first kappa shape index (κ1) is 16.4. The first-order valence-electron chi connectivity index (χ1n) is 7.17. The van der Waals surface area contributed by atoms with Gasteiger partial charge in [0.05, 0.1) is 17.2 Å². The summed E-state index contributed by atoms with van der Waals surface area (Å²) in [5.74, 6) is 0.702. The van der Waals surface area contributed by atoms with E-state index in [-0.39, 0.29) is 4.90 Å². The number of ether oxygens (including phenoxy) is 1. The van der Waals surface area contributed by atoms with Crippen LogP contribution in [-0.2, 0) is 10.0 Å². The van der Waals surface area contributed by atoms with Gasteiger partial charge in [0, 0.05) is 0 Å². The zero-order valence-electron chi connectivity index (χ0n) is 13.3. The van der Waals surface area contributed by atoms with Gasteiger partial charge in [-0.05, 0) is 62.6 Å². The number of aryl methyl sites for hydroxylation is 3. The number of para-hydroxylation sites is 1. The van der Waals surface area contributed by atoms with Gasteiger partial charge in [-0.2, -0.15) is 0 Å². The molecule has 0 aromatic heterocycles. The zero-order chi connectivity index (χ0) is 16.3. The Labute approximate surface area is 132 Å². The number of rotatable bonds is 5. The van der Waals surface area contributed by atoms with Gasteiger partial charge in [0.2, 0.25) is 0 Å². The number of anilines is 1. The van der Waals surface area contributed by atoms with E-state index >= 15 is 0 Å². The molecule has 118 valence electrons. The summed E-state index contributed by atoms with van der Waals surface area (Å²) in [5.41, 5.74) is 3.22. The zero-order valence-corrected chi connectivity index (χ0v) is 14.1. The third kappa shape index (κ3) is 3.42. The molecule has 0 aliphatic rings. The molecule has 0 saturated heterocycles. The van der Waals surface area contributed by atoms with E-state index in [4.69, 9.17) is 4.74 Å². The Balaban J connectivity index is 2.37. The molecule has 5 heteroatoms. The highest BCUT2D eigenvalue weighted by Gasteiger charge is 2.17. The van der Waals surface area contributed by atoms with Crippen LogP contribution in [0.4, 0.5) is 5.69 Å². The van der Waals surface area contributed by atoms with E-state index in [1.807, 2.05) is 45.9 Å². The van der Waals surface area contributed by atoms with Gasteiger partial charge >= 0.3 is 0 Å². The van der Waals surface area contributed by atoms with Gasteiger partial charge in [0.1, 0.15) is 5.75 Å². The number of hydrogen-bond donors (Lipinski definition) is 1. The topological polar surface area (TPSA) is 55.4 Å². The molecule has 0 radical (unpaired) electrons. The molecule has 2 rings (SSSR count). The lowest BCUT2D eigenvalue weighted by atomic mass is 10.1. The molecule has 0 heterocycles. The quantitative estimate of drug-likeness (QED) is 0.911. The van der Waals surface area contributed by atoms with Crippen molar-refractivity contribution in [1.82, 2.24) is 0 Å². The SMILES string of the molecule is CCOc1ccc(S(=O)(=O)Nc2c(C)cccc2C)cc1C. The fourth-order valence-corrected chi connectivity index (χ4v) is 3.56. The molecule has 2 aromatic carbocycles. The van der Waals surface area contributed by atoms with Crippen LogP contribution in [0, 0.1) is 20.8 Å². The summed E-state index contributed by atoms with van der Waals surface area (Å²) in [7, 11) is -3.62. The predicted octanol–water partition coefficient (Wildman–Crippen LogP) is 3.81. The van der Waals surface area contributed by atoms with Crippen molar-refractivity contribution in [3.63, 3.8) is 0 Å². The molecule has 0 aliphatic heterocycles. The highest BCUT2D eigenvalue weighted by Crippen LogP contribution is 2.26. The smallest absolute Gasteiger partial charge is 0.261 e. The second-order valence-electron chi connectivity index (χ2n) is 5.23. The fraction of sp³-hybridized carbons (Fsp3) is 0.294. The first-order chi connectivity index (χ1) is 10.3. The Kier molecular flexibility index (Phi) is 4.76. The third-order valence-corrected chi connectivity index (χ3v) is 4.82. The maximum absolute atomic E-state index is 12.6. The summed E-state index contributed by atoms with van der Waals surface area (Å²) in [6, 6.07) is 10.6. The van der Waals surface area contributed by atoms with Crippen LogP contribution < -0.4 is 9.46 Å². The van der Waals surface area contributed by atoms with Crippen molar-refractivity contribution in [2.75, 3.05) is 11.3 Å². The fourth-order valence-electron chi connectivity index (χ4n) is 2.28.